The van der Waals surface area contributed by atoms with Gasteiger partial charge in [0.2, 0.25) is 0 Å². The van der Waals surface area contributed by atoms with Gasteiger partial charge < -0.3 is 5.32 Å². The lowest BCUT2D eigenvalue weighted by atomic mass is 10.1. The molecule has 0 saturated heterocycles. The van der Waals surface area contributed by atoms with Gasteiger partial charge in [0.1, 0.15) is 0 Å². The first kappa shape index (κ1) is 11.3. The predicted molar refractivity (Wildman–Crippen MR) is 67.1 cm³/mol. The smallest absolute Gasteiger partial charge is 0.269 e. The van der Waals surface area contributed by atoms with E-state index in [-0.39, 0.29) is 10.6 Å². The average molecular weight is 238 g/mol. The first-order valence-electron chi connectivity index (χ1n) is 5.32. The SMILES string of the molecule is CC1SCCCNc2ccc([N+](=O)[O-])cc21. The van der Waals surface area contributed by atoms with E-state index in [1.54, 1.807) is 12.1 Å². The van der Waals surface area contributed by atoms with E-state index in [1.165, 1.54) is 0 Å². The topological polar surface area (TPSA) is 55.2 Å². The van der Waals surface area contributed by atoms with Crippen LogP contribution in [-0.2, 0) is 0 Å². The van der Waals surface area contributed by atoms with Gasteiger partial charge in [-0.1, -0.05) is 0 Å². The maximum Gasteiger partial charge on any atom is 0.269 e. The van der Waals surface area contributed by atoms with Crippen LogP contribution in [-0.4, -0.2) is 17.2 Å². The second-order valence-electron chi connectivity index (χ2n) is 3.82. The van der Waals surface area contributed by atoms with Crippen LogP contribution in [0.15, 0.2) is 18.2 Å². The number of thioether (sulfide) groups is 1. The minimum atomic E-state index is -0.337. The summed E-state index contributed by atoms with van der Waals surface area (Å²) < 4.78 is 0. The van der Waals surface area contributed by atoms with Crippen LogP contribution < -0.4 is 5.32 Å². The van der Waals surface area contributed by atoms with Crippen LogP contribution in [0.5, 0.6) is 0 Å². The van der Waals surface area contributed by atoms with E-state index in [1.807, 2.05) is 17.8 Å². The molecule has 0 spiro atoms. The lowest BCUT2D eigenvalue weighted by molar-refractivity contribution is -0.384. The van der Waals surface area contributed by atoms with Crippen LogP contribution in [0.3, 0.4) is 0 Å². The summed E-state index contributed by atoms with van der Waals surface area (Å²) >= 11 is 1.85. The summed E-state index contributed by atoms with van der Waals surface area (Å²) in [6.07, 6.45) is 1.13. The Hall–Kier alpha value is -1.23. The third kappa shape index (κ3) is 2.29. The molecule has 1 unspecified atom stereocenters. The number of nitro benzene ring substituents is 1. The molecule has 0 bridgehead atoms. The van der Waals surface area contributed by atoms with Crippen LogP contribution in [0.1, 0.15) is 24.2 Å². The molecule has 1 atom stereocenters. The Balaban J connectivity index is 2.39. The van der Waals surface area contributed by atoms with Gasteiger partial charge in [0, 0.05) is 29.6 Å². The van der Waals surface area contributed by atoms with Crippen molar-refractivity contribution in [2.45, 2.75) is 18.6 Å². The van der Waals surface area contributed by atoms with Gasteiger partial charge >= 0.3 is 0 Å². The molecule has 0 fully saturated rings. The summed E-state index contributed by atoms with van der Waals surface area (Å²) in [4.78, 5) is 10.4. The Kier molecular flexibility index (Phi) is 3.33. The number of nitrogens with one attached hydrogen (secondary N) is 1. The van der Waals surface area contributed by atoms with Gasteiger partial charge in [-0.3, -0.25) is 10.1 Å². The quantitative estimate of drug-likeness (QED) is 0.603. The third-order valence-electron chi connectivity index (χ3n) is 2.69. The van der Waals surface area contributed by atoms with E-state index in [4.69, 9.17) is 0 Å². The monoisotopic (exact) mass is 238 g/mol. The highest BCUT2D eigenvalue weighted by molar-refractivity contribution is 7.99. The zero-order valence-electron chi connectivity index (χ0n) is 9.10. The van der Waals surface area contributed by atoms with Crippen molar-refractivity contribution in [3.8, 4) is 0 Å². The highest BCUT2D eigenvalue weighted by atomic mass is 32.2. The third-order valence-corrected chi connectivity index (χ3v) is 3.97. The van der Waals surface area contributed by atoms with Crippen LogP contribution in [0.25, 0.3) is 0 Å². The zero-order chi connectivity index (χ0) is 11.5. The highest BCUT2D eigenvalue weighted by Crippen LogP contribution is 2.37. The van der Waals surface area contributed by atoms with Gasteiger partial charge in [-0.2, -0.15) is 11.8 Å². The molecule has 0 amide bonds. The number of benzene rings is 1. The second kappa shape index (κ2) is 4.74. The summed E-state index contributed by atoms with van der Waals surface area (Å²) in [5.74, 6) is 1.09. The van der Waals surface area contributed by atoms with E-state index in [2.05, 4.69) is 12.2 Å². The van der Waals surface area contributed by atoms with E-state index in [9.17, 15) is 10.1 Å². The maximum absolute atomic E-state index is 10.7. The Bertz CT molecular complexity index is 409. The van der Waals surface area contributed by atoms with Crippen molar-refractivity contribution >= 4 is 23.1 Å². The van der Waals surface area contributed by atoms with Crippen molar-refractivity contribution in [2.24, 2.45) is 0 Å². The molecule has 86 valence electrons. The van der Waals surface area contributed by atoms with Crippen molar-refractivity contribution in [1.82, 2.24) is 0 Å². The molecule has 4 nitrogen and oxygen atoms in total. The largest absolute Gasteiger partial charge is 0.385 e. The molecule has 2 rings (SSSR count). The number of hydrogen-bond donors (Lipinski definition) is 1. The Morgan fingerprint density at radius 3 is 3.12 bits per heavy atom. The van der Waals surface area contributed by atoms with Gasteiger partial charge in [-0.15, -0.1) is 0 Å². The molecule has 1 N–H and O–H groups in total. The summed E-state index contributed by atoms with van der Waals surface area (Å²) in [5.41, 5.74) is 2.25. The summed E-state index contributed by atoms with van der Waals surface area (Å²) in [6, 6.07) is 5.06. The molecule has 1 aromatic carbocycles. The number of nitrogens with zero attached hydrogens (tertiary/aromatic N) is 1. The molecule has 0 saturated carbocycles. The van der Waals surface area contributed by atoms with Crippen molar-refractivity contribution in [1.29, 1.82) is 0 Å². The van der Waals surface area contributed by atoms with Crippen LogP contribution in [0.4, 0.5) is 11.4 Å². The minimum Gasteiger partial charge on any atom is -0.385 e. The number of hydrogen-bond acceptors (Lipinski definition) is 4. The molecule has 1 heterocycles. The highest BCUT2D eigenvalue weighted by Gasteiger charge is 2.17. The molecule has 0 aliphatic carbocycles. The van der Waals surface area contributed by atoms with Crippen molar-refractivity contribution in [3.63, 3.8) is 0 Å². The Morgan fingerprint density at radius 2 is 2.38 bits per heavy atom. The summed E-state index contributed by atoms with van der Waals surface area (Å²) in [6.45, 7) is 3.03. The molecular weight excluding hydrogens is 224 g/mol. The van der Waals surface area contributed by atoms with Gasteiger partial charge in [-0.05, 0) is 30.7 Å². The molecule has 5 heteroatoms. The first-order chi connectivity index (χ1) is 7.68. The van der Waals surface area contributed by atoms with Gasteiger partial charge in [0.15, 0.2) is 0 Å². The fraction of sp³-hybridized carbons (Fsp3) is 0.455. The fourth-order valence-corrected chi connectivity index (χ4v) is 2.85. The fourth-order valence-electron chi connectivity index (χ4n) is 1.81. The minimum absolute atomic E-state index is 0.175. The second-order valence-corrected chi connectivity index (χ2v) is 5.27. The van der Waals surface area contributed by atoms with Crippen LogP contribution >= 0.6 is 11.8 Å². The molecular formula is C11H14N2O2S. The molecule has 1 aromatic rings. The van der Waals surface area contributed by atoms with E-state index >= 15 is 0 Å². The maximum atomic E-state index is 10.7. The summed E-state index contributed by atoms with van der Waals surface area (Å²) in [5, 5.41) is 14.4. The zero-order valence-corrected chi connectivity index (χ0v) is 9.92. The van der Waals surface area contributed by atoms with Crippen molar-refractivity contribution in [3.05, 3.63) is 33.9 Å². The van der Waals surface area contributed by atoms with Crippen molar-refractivity contribution < 1.29 is 4.92 Å². The van der Waals surface area contributed by atoms with E-state index in [0.717, 1.165) is 30.0 Å². The number of nitro groups is 1. The Morgan fingerprint density at radius 1 is 1.56 bits per heavy atom. The standard InChI is InChI=1S/C11H14N2O2S/c1-8-10-7-9(13(14)15)3-4-11(10)12-5-2-6-16-8/h3-4,7-8,12H,2,5-6H2,1H3. The molecule has 0 radical (unpaired) electrons. The molecule has 1 aliphatic heterocycles. The van der Waals surface area contributed by atoms with Crippen LogP contribution in [0.2, 0.25) is 0 Å². The lowest BCUT2D eigenvalue weighted by Gasteiger charge is -2.20. The lowest BCUT2D eigenvalue weighted by Crippen LogP contribution is -2.10. The first-order valence-corrected chi connectivity index (χ1v) is 6.37. The molecule has 0 aromatic heterocycles. The average Bonchev–Trinajstić information content (AvgIpc) is 2.25. The number of fused-ring (bicyclic) bond motifs is 1. The van der Waals surface area contributed by atoms with Gasteiger partial charge in [0.25, 0.3) is 5.69 Å². The van der Waals surface area contributed by atoms with Gasteiger partial charge in [-0.25, -0.2) is 0 Å². The number of rotatable bonds is 1. The number of anilines is 1. The van der Waals surface area contributed by atoms with E-state index in [0.29, 0.717) is 5.25 Å². The Labute approximate surface area is 98.6 Å². The van der Waals surface area contributed by atoms with E-state index < -0.39 is 0 Å². The summed E-state index contributed by atoms with van der Waals surface area (Å²) in [7, 11) is 0. The van der Waals surface area contributed by atoms with Crippen molar-refractivity contribution in [2.75, 3.05) is 17.6 Å². The molecule has 1 aliphatic rings. The normalized spacial score (nSPS) is 20.2. The van der Waals surface area contributed by atoms with Crippen LogP contribution in [0, 0.1) is 10.1 Å². The number of non-ortho nitro benzene ring substituents is 1. The van der Waals surface area contributed by atoms with Gasteiger partial charge in [0.05, 0.1) is 4.92 Å². The molecule has 16 heavy (non-hydrogen) atoms. The predicted octanol–water partition coefficient (Wildman–Crippen LogP) is 3.20.